The third-order valence-electron chi connectivity index (χ3n) is 3.55. The molecule has 0 aliphatic heterocycles. The minimum atomic E-state index is -0.514. The van der Waals surface area contributed by atoms with Crippen LogP contribution in [0.1, 0.15) is 31.2 Å². The van der Waals surface area contributed by atoms with E-state index in [2.05, 4.69) is 4.90 Å². The average Bonchev–Trinajstić information content (AvgIpc) is 2.70. The quantitative estimate of drug-likeness (QED) is 0.912. The van der Waals surface area contributed by atoms with Crippen LogP contribution < -0.4 is 0 Å². The summed E-state index contributed by atoms with van der Waals surface area (Å²) in [6, 6.07) is 5.49. The number of hydrogen-bond donors (Lipinski definition) is 1. The first-order valence-corrected chi connectivity index (χ1v) is 7.09. The van der Waals surface area contributed by atoms with Gasteiger partial charge in [0.15, 0.2) is 0 Å². The highest BCUT2D eigenvalue weighted by Gasteiger charge is 2.32. The fourth-order valence-electron chi connectivity index (χ4n) is 2.70. The zero-order valence-corrected chi connectivity index (χ0v) is 12.1. The lowest BCUT2D eigenvalue weighted by atomic mass is 10.0. The zero-order valence-electron chi connectivity index (χ0n) is 10.6. The van der Waals surface area contributed by atoms with Crippen molar-refractivity contribution in [3.8, 4) is 0 Å². The predicted octanol–water partition coefficient (Wildman–Crippen LogP) is 3.73. The molecule has 1 aromatic rings. The van der Waals surface area contributed by atoms with E-state index in [0.29, 0.717) is 18.1 Å². The lowest BCUT2D eigenvalue weighted by molar-refractivity contribution is 0.0145. The summed E-state index contributed by atoms with van der Waals surface area (Å²) in [5.74, 6) is 0. The molecule has 0 saturated heterocycles. The van der Waals surface area contributed by atoms with Gasteiger partial charge in [-0.25, -0.2) is 0 Å². The molecule has 18 heavy (non-hydrogen) atoms. The van der Waals surface area contributed by atoms with Crippen LogP contribution in [0.2, 0.25) is 10.0 Å². The van der Waals surface area contributed by atoms with E-state index in [-0.39, 0.29) is 0 Å². The van der Waals surface area contributed by atoms with Crippen LogP contribution in [-0.4, -0.2) is 29.2 Å². The SMILES string of the molecule is CN(Cc1cc(Cl)ccc1Cl)CC1(O)CCCC1. The monoisotopic (exact) mass is 287 g/mol. The van der Waals surface area contributed by atoms with E-state index in [0.717, 1.165) is 36.3 Å². The van der Waals surface area contributed by atoms with Gasteiger partial charge in [-0.15, -0.1) is 0 Å². The van der Waals surface area contributed by atoms with Gasteiger partial charge in [-0.05, 0) is 43.7 Å². The van der Waals surface area contributed by atoms with Gasteiger partial charge in [-0.2, -0.15) is 0 Å². The predicted molar refractivity (Wildman–Crippen MR) is 76.2 cm³/mol. The second-order valence-electron chi connectivity index (χ2n) is 5.34. The van der Waals surface area contributed by atoms with Crippen molar-refractivity contribution in [2.75, 3.05) is 13.6 Å². The van der Waals surface area contributed by atoms with E-state index in [9.17, 15) is 5.11 Å². The molecule has 1 aliphatic carbocycles. The summed E-state index contributed by atoms with van der Waals surface area (Å²) in [5.41, 5.74) is 0.494. The van der Waals surface area contributed by atoms with Crippen LogP contribution >= 0.6 is 23.2 Å². The van der Waals surface area contributed by atoms with E-state index >= 15 is 0 Å². The summed E-state index contributed by atoms with van der Waals surface area (Å²) in [7, 11) is 2.01. The Morgan fingerprint density at radius 3 is 2.61 bits per heavy atom. The summed E-state index contributed by atoms with van der Waals surface area (Å²) in [5, 5.41) is 11.8. The summed E-state index contributed by atoms with van der Waals surface area (Å²) < 4.78 is 0. The van der Waals surface area contributed by atoms with Crippen LogP contribution in [0.25, 0.3) is 0 Å². The van der Waals surface area contributed by atoms with Gasteiger partial charge >= 0.3 is 0 Å². The van der Waals surface area contributed by atoms with Crippen LogP contribution in [0.15, 0.2) is 18.2 Å². The molecular weight excluding hydrogens is 269 g/mol. The smallest absolute Gasteiger partial charge is 0.0774 e. The Morgan fingerprint density at radius 2 is 1.94 bits per heavy atom. The van der Waals surface area contributed by atoms with E-state index in [1.807, 2.05) is 19.2 Å². The van der Waals surface area contributed by atoms with Gasteiger partial charge in [0.05, 0.1) is 5.60 Å². The van der Waals surface area contributed by atoms with Crippen molar-refractivity contribution in [1.82, 2.24) is 4.90 Å². The molecule has 0 amide bonds. The van der Waals surface area contributed by atoms with Crippen molar-refractivity contribution in [3.05, 3.63) is 33.8 Å². The maximum Gasteiger partial charge on any atom is 0.0774 e. The molecule has 2 rings (SSSR count). The summed E-state index contributed by atoms with van der Waals surface area (Å²) >= 11 is 12.1. The molecule has 2 nitrogen and oxygen atoms in total. The average molecular weight is 288 g/mol. The molecule has 0 bridgehead atoms. The van der Waals surface area contributed by atoms with Gasteiger partial charge in [0, 0.05) is 23.1 Å². The fraction of sp³-hybridized carbons (Fsp3) is 0.571. The van der Waals surface area contributed by atoms with Crippen LogP contribution in [0.4, 0.5) is 0 Å². The minimum Gasteiger partial charge on any atom is -0.389 e. The second-order valence-corrected chi connectivity index (χ2v) is 6.18. The van der Waals surface area contributed by atoms with Crippen molar-refractivity contribution >= 4 is 23.2 Å². The highest BCUT2D eigenvalue weighted by Crippen LogP contribution is 2.30. The number of likely N-dealkylation sites (N-methyl/N-ethyl adjacent to an activating group) is 1. The topological polar surface area (TPSA) is 23.5 Å². The highest BCUT2D eigenvalue weighted by atomic mass is 35.5. The summed E-state index contributed by atoms with van der Waals surface area (Å²) in [6.07, 6.45) is 4.06. The Kier molecular flexibility index (Phi) is 4.54. The number of nitrogens with zero attached hydrogens (tertiary/aromatic N) is 1. The zero-order chi connectivity index (χ0) is 13.2. The molecule has 0 spiro atoms. The molecule has 0 heterocycles. The van der Waals surface area contributed by atoms with Gasteiger partial charge in [-0.1, -0.05) is 36.0 Å². The first-order chi connectivity index (χ1) is 8.48. The summed E-state index contributed by atoms with van der Waals surface area (Å²) in [4.78, 5) is 2.11. The van der Waals surface area contributed by atoms with E-state index < -0.39 is 5.60 Å². The Labute approximate surface area is 119 Å². The Hall–Kier alpha value is -0.280. The van der Waals surface area contributed by atoms with Gasteiger partial charge in [-0.3, -0.25) is 4.90 Å². The van der Waals surface area contributed by atoms with Crippen LogP contribution in [0.5, 0.6) is 0 Å². The van der Waals surface area contributed by atoms with Gasteiger partial charge in [0.2, 0.25) is 0 Å². The first-order valence-electron chi connectivity index (χ1n) is 6.33. The van der Waals surface area contributed by atoms with E-state index in [4.69, 9.17) is 23.2 Å². The molecule has 4 heteroatoms. The molecule has 1 N–H and O–H groups in total. The molecule has 0 aromatic heterocycles. The normalized spacial score (nSPS) is 18.5. The molecule has 1 saturated carbocycles. The van der Waals surface area contributed by atoms with Crippen molar-refractivity contribution in [1.29, 1.82) is 0 Å². The number of halogens is 2. The number of aliphatic hydroxyl groups is 1. The first kappa shape index (κ1) is 14.1. The number of benzene rings is 1. The molecule has 0 radical (unpaired) electrons. The fourth-order valence-corrected chi connectivity index (χ4v) is 3.08. The van der Waals surface area contributed by atoms with Crippen LogP contribution in [0.3, 0.4) is 0 Å². The third-order valence-corrected chi connectivity index (χ3v) is 4.15. The Balaban J connectivity index is 1.98. The Morgan fingerprint density at radius 1 is 1.28 bits per heavy atom. The number of rotatable bonds is 4. The Bertz CT molecular complexity index is 416. The van der Waals surface area contributed by atoms with Crippen LogP contribution in [-0.2, 0) is 6.54 Å². The largest absolute Gasteiger partial charge is 0.389 e. The lowest BCUT2D eigenvalue weighted by Crippen LogP contribution is -2.38. The lowest BCUT2D eigenvalue weighted by Gasteiger charge is -2.28. The molecule has 1 aromatic carbocycles. The molecule has 1 aliphatic rings. The van der Waals surface area contributed by atoms with Crippen molar-refractivity contribution in [3.63, 3.8) is 0 Å². The van der Waals surface area contributed by atoms with Gasteiger partial charge in [0.1, 0.15) is 0 Å². The van der Waals surface area contributed by atoms with Gasteiger partial charge in [0.25, 0.3) is 0 Å². The molecule has 1 fully saturated rings. The summed E-state index contributed by atoms with van der Waals surface area (Å²) in [6.45, 7) is 1.40. The van der Waals surface area contributed by atoms with Crippen molar-refractivity contribution in [2.45, 2.75) is 37.8 Å². The minimum absolute atomic E-state index is 0.514. The molecule has 100 valence electrons. The molecule has 0 atom stereocenters. The molecule has 0 unspecified atom stereocenters. The van der Waals surface area contributed by atoms with E-state index in [1.54, 1.807) is 6.07 Å². The van der Waals surface area contributed by atoms with Crippen molar-refractivity contribution < 1.29 is 5.11 Å². The maximum absolute atomic E-state index is 10.4. The third kappa shape index (κ3) is 3.61. The number of hydrogen-bond acceptors (Lipinski definition) is 2. The van der Waals surface area contributed by atoms with Crippen molar-refractivity contribution in [2.24, 2.45) is 0 Å². The van der Waals surface area contributed by atoms with Crippen LogP contribution in [0, 0.1) is 0 Å². The van der Waals surface area contributed by atoms with Gasteiger partial charge < -0.3 is 5.11 Å². The highest BCUT2D eigenvalue weighted by molar-refractivity contribution is 6.33. The molecular formula is C14H19Cl2NO. The maximum atomic E-state index is 10.4. The second kappa shape index (κ2) is 5.79. The standard InChI is InChI=1S/C14H19Cl2NO/c1-17(10-14(18)6-2-3-7-14)9-11-8-12(15)4-5-13(11)16/h4-5,8,18H,2-3,6-7,9-10H2,1H3. The van der Waals surface area contributed by atoms with E-state index in [1.165, 1.54) is 0 Å².